The van der Waals surface area contributed by atoms with Gasteiger partial charge in [-0.15, -0.1) is 10.2 Å². The number of nitrogens with one attached hydrogen (secondary N) is 2. The standard InChI is InChI=1S/C27H27FN8O2/c1-15-9-16(5-8-20(15)28)13-29-25(37)21-11-22(31-14-30-21)26(38)32-23-19-7-6-17(24-33-35-36(4)34-24)10-18(19)12-27(23,2)3/h5-11,14,23H,12-13H2,1-4H3,(H,29,37)(H,32,38)/t23-/m1/s1. The van der Waals surface area contributed by atoms with Crippen molar-refractivity contribution in [1.29, 1.82) is 0 Å². The summed E-state index contributed by atoms with van der Waals surface area (Å²) in [5.74, 6) is -0.620. The third kappa shape index (κ3) is 4.99. The van der Waals surface area contributed by atoms with Crippen molar-refractivity contribution in [3.05, 3.63) is 88.3 Å². The van der Waals surface area contributed by atoms with Crippen LogP contribution in [0, 0.1) is 18.2 Å². The van der Waals surface area contributed by atoms with E-state index in [-0.39, 0.29) is 35.2 Å². The van der Waals surface area contributed by atoms with Crippen LogP contribution in [0.2, 0.25) is 0 Å². The first-order valence-corrected chi connectivity index (χ1v) is 12.1. The maximum absolute atomic E-state index is 13.5. The highest BCUT2D eigenvalue weighted by atomic mass is 19.1. The van der Waals surface area contributed by atoms with E-state index in [0.717, 1.165) is 28.7 Å². The monoisotopic (exact) mass is 514 g/mol. The second-order valence-corrected chi connectivity index (χ2v) is 10.1. The minimum Gasteiger partial charge on any atom is -0.347 e. The Morgan fingerprint density at radius 3 is 2.55 bits per heavy atom. The molecule has 2 aromatic heterocycles. The van der Waals surface area contributed by atoms with Crippen LogP contribution in [-0.4, -0.2) is 42.0 Å². The van der Waals surface area contributed by atoms with Crippen LogP contribution in [0.25, 0.3) is 11.4 Å². The number of fused-ring (bicyclic) bond motifs is 1. The number of rotatable bonds is 6. The molecule has 0 spiro atoms. The number of carbonyl (C=O) groups excluding carboxylic acids is 2. The smallest absolute Gasteiger partial charge is 0.270 e. The third-order valence-corrected chi connectivity index (χ3v) is 6.73. The van der Waals surface area contributed by atoms with E-state index in [1.165, 1.54) is 23.3 Å². The summed E-state index contributed by atoms with van der Waals surface area (Å²) in [6, 6.07) is 11.7. The van der Waals surface area contributed by atoms with Crippen molar-refractivity contribution >= 4 is 11.8 Å². The molecular formula is C27H27FN8O2. The molecule has 1 aliphatic carbocycles. The van der Waals surface area contributed by atoms with Gasteiger partial charge in [-0.1, -0.05) is 38.1 Å². The number of aromatic nitrogens is 6. The van der Waals surface area contributed by atoms with Crippen LogP contribution >= 0.6 is 0 Å². The Labute approximate surface area is 218 Å². The van der Waals surface area contributed by atoms with Gasteiger partial charge in [0.2, 0.25) is 5.82 Å². The van der Waals surface area contributed by atoms with Crippen LogP contribution < -0.4 is 10.6 Å². The van der Waals surface area contributed by atoms with Gasteiger partial charge in [0.25, 0.3) is 11.8 Å². The minimum atomic E-state index is -0.458. The van der Waals surface area contributed by atoms with Gasteiger partial charge in [-0.3, -0.25) is 9.59 Å². The Morgan fingerprint density at radius 2 is 1.84 bits per heavy atom. The molecular weight excluding hydrogens is 487 g/mol. The van der Waals surface area contributed by atoms with Crippen molar-refractivity contribution in [2.75, 3.05) is 0 Å². The summed E-state index contributed by atoms with van der Waals surface area (Å²) in [7, 11) is 1.72. The fraction of sp³-hybridized carbons (Fsp3) is 0.296. The molecule has 0 saturated carbocycles. The molecule has 38 heavy (non-hydrogen) atoms. The van der Waals surface area contributed by atoms with Crippen molar-refractivity contribution in [2.24, 2.45) is 12.5 Å². The SMILES string of the molecule is Cc1cc(CNC(=O)c2cc(C(=O)N[C@@H]3c4ccc(-c5nnn(C)n5)cc4CC3(C)C)ncn2)ccc1F. The molecule has 0 aliphatic heterocycles. The van der Waals surface area contributed by atoms with Gasteiger partial charge >= 0.3 is 0 Å². The second kappa shape index (κ2) is 9.73. The van der Waals surface area contributed by atoms with Crippen molar-refractivity contribution < 1.29 is 14.0 Å². The van der Waals surface area contributed by atoms with Crippen LogP contribution in [0.3, 0.4) is 0 Å². The summed E-state index contributed by atoms with van der Waals surface area (Å²) in [5.41, 5.74) is 4.12. The van der Waals surface area contributed by atoms with E-state index in [0.29, 0.717) is 11.4 Å². The number of hydrogen-bond donors (Lipinski definition) is 2. The van der Waals surface area contributed by atoms with Crippen molar-refractivity contribution in [3.8, 4) is 11.4 Å². The predicted molar refractivity (Wildman–Crippen MR) is 136 cm³/mol. The van der Waals surface area contributed by atoms with Crippen LogP contribution in [0.15, 0.2) is 48.8 Å². The maximum Gasteiger partial charge on any atom is 0.270 e. The van der Waals surface area contributed by atoms with E-state index in [2.05, 4.69) is 49.9 Å². The van der Waals surface area contributed by atoms with E-state index in [9.17, 15) is 14.0 Å². The van der Waals surface area contributed by atoms with Gasteiger partial charge < -0.3 is 10.6 Å². The van der Waals surface area contributed by atoms with Gasteiger partial charge in [-0.05, 0) is 58.4 Å². The summed E-state index contributed by atoms with van der Waals surface area (Å²) in [4.78, 5) is 35.4. The lowest BCUT2D eigenvalue weighted by Gasteiger charge is -2.28. The zero-order valence-electron chi connectivity index (χ0n) is 21.5. The number of carbonyl (C=O) groups is 2. The fourth-order valence-corrected chi connectivity index (χ4v) is 4.77. The van der Waals surface area contributed by atoms with Gasteiger partial charge in [0.15, 0.2) is 0 Å². The molecule has 2 heterocycles. The number of nitrogens with zero attached hydrogens (tertiary/aromatic N) is 6. The number of aryl methyl sites for hydroxylation is 2. The Kier molecular flexibility index (Phi) is 6.43. The lowest BCUT2D eigenvalue weighted by Crippen LogP contribution is -2.36. The molecule has 2 aromatic carbocycles. The third-order valence-electron chi connectivity index (χ3n) is 6.73. The summed E-state index contributed by atoms with van der Waals surface area (Å²) in [6.45, 7) is 6.04. The Hall–Kier alpha value is -4.54. The number of halogens is 1. The van der Waals surface area contributed by atoms with Crippen LogP contribution in [-0.2, 0) is 20.0 Å². The molecule has 0 bridgehead atoms. The Bertz CT molecular complexity index is 1550. The van der Waals surface area contributed by atoms with Crippen molar-refractivity contribution in [2.45, 2.75) is 39.8 Å². The average Bonchev–Trinajstić information content (AvgIpc) is 3.43. The fourth-order valence-electron chi connectivity index (χ4n) is 4.77. The second-order valence-electron chi connectivity index (χ2n) is 10.1. The van der Waals surface area contributed by atoms with Crippen LogP contribution in [0.1, 0.15) is 63.1 Å². The van der Waals surface area contributed by atoms with Gasteiger partial charge in [0.1, 0.15) is 23.5 Å². The first-order valence-electron chi connectivity index (χ1n) is 12.1. The van der Waals surface area contributed by atoms with Gasteiger partial charge in [-0.25, -0.2) is 14.4 Å². The molecule has 194 valence electrons. The molecule has 5 rings (SSSR count). The van der Waals surface area contributed by atoms with Gasteiger partial charge in [-0.2, -0.15) is 4.80 Å². The van der Waals surface area contributed by atoms with E-state index >= 15 is 0 Å². The molecule has 10 nitrogen and oxygen atoms in total. The highest BCUT2D eigenvalue weighted by Gasteiger charge is 2.40. The average molecular weight is 515 g/mol. The van der Waals surface area contributed by atoms with Crippen molar-refractivity contribution in [3.63, 3.8) is 0 Å². The maximum atomic E-state index is 13.5. The summed E-state index contributed by atoms with van der Waals surface area (Å²) >= 11 is 0. The summed E-state index contributed by atoms with van der Waals surface area (Å²) < 4.78 is 13.5. The van der Waals surface area contributed by atoms with Gasteiger partial charge in [0, 0.05) is 18.2 Å². The molecule has 1 atom stereocenters. The number of tetrazole rings is 1. The predicted octanol–water partition coefficient (Wildman–Crippen LogP) is 3.10. The van der Waals surface area contributed by atoms with Crippen LogP contribution in [0.5, 0.6) is 0 Å². The summed E-state index contributed by atoms with van der Waals surface area (Å²) in [5, 5.41) is 18.1. The highest BCUT2D eigenvalue weighted by Crippen LogP contribution is 2.46. The molecule has 0 radical (unpaired) electrons. The largest absolute Gasteiger partial charge is 0.347 e. The lowest BCUT2D eigenvalue weighted by molar-refractivity contribution is 0.0898. The van der Waals surface area contributed by atoms with Gasteiger partial charge in [0.05, 0.1) is 13.1 Å². The summed E-state index contributed by atoms with van der Waals surface area (Å²) in [6.07, 6.45) is 1.95. The highest BCUT2D eigenvalue weighted by molar-refractivity contribution is 5.97. The molecule has 4 aromatic rings. The van der Waals surface area contributed by atoms with E-state index in [1.807, 2.05) is 18.2 Å². The normalized spacial score (nSPS) is 15.7. The molecule has 0 fully saturated rings. The zero-order chi connectivity index (χ0) is 27.0. The molecule has 2 amide bonds. The zero-order valence-corrected chi connectivity index (χ0v) is 21.5. The van der Waals surface area contributed by atoms with E-state index < -0.39 is 11.8 Å². The molecule has 11 heteroatoms. The Morgan fingerprint density at radius 1 is 1.08 bits per heavy atom. The lowest BCUT2D eigenvalue weighted by atomic mass is 9.85. The molecule has 0 saturated heterocycles. The van der Waals surface area contributed by atoms with Crippen LogP contribution in [0.4, 0.5) is 4.39 Å². The first-order chi connectivity index (χ1) is 18.1. The number of benzene rings is 2. The van der Waals surface area contributed by atoms with E-state index in [1.54, 1.807) is 26.1 Å². The first kappa shape index (κ1) is 25.1. The number of amides is 2. The Balaban J connectivity index is 1.30. The van der Waals surface area contributed by atoms with Crippen molar-refractivity contribution in [1.82, 2.24) is 40.8 Å². The molecule has 0 unspecified atom stereocenters. The molecule has 1 aliphatic rings. The quantitative estimate of drug-likeness (QED) is 0.405. The topological polar surface area (TPSA) is 128 Å². The minimum absolute atomic E-state index is 0.0659. The molecule has 2 N–H and O–H groups in total. The van der Waals surface area contributed by atoms with E-state index in [4.69, 9.17) is 0 Å². The number of hydrogen-bond acceptors (Lipinski definition) is 7.